The van der Waals surface area contributed by atoms with Crippen LogP contribution in [0.2, 0.25) is 0 Å². The van der Waals surface area contributed by atoms with Gasteiger partial charge in [0.2, 0.25) is 0 Å². The highest BCUT2D eigenvalue weighted by molar-refractivity contribution is 8.13. The van der Waals surface area contributed by atoms with E-state index in [2.05, 4.69) is 0 Å². The summed E-state index contributed by atoms with van der Waals surface area (Å²) in [6.45, 7) is 5.03. The van der Waals surface area contributed by atoms with Crippen molar-refractivity contribution in [1.29, 1.82) is 0 Å². The van der Waals surface area contributed by atoms with Gasteiger partial charge in [-0.25, -0.2) is 13.2 Å². The fourth-order valence-electron chi connectivity index (χ4n) is 1.27. The summed E-state index contributed by atoms with van der Waals surface area (Å²) in [6.07, 6.45) is -0.264. The first-order valence-electron chi connectivity index (χ1n) is 4.98. The van der Waals surface area contributed by atoms with Crippen molar-refractivity contribution in [2.75, 3.05) is 0 Å². The van der Waals surface area contributed by atoms with E-state index in [0.717, 1.165) is 0 Å². The highest BCUT2D eigenvalue weighted by Gasteiger charge is 2.17. The molecule has 0 aliphatic rings. The normalized spacial score (nSPS) is 11.6. The third-order valence-electron chi connectivity index (χ3n) is 2.03. The summed E-state index contributed by atoms with van der Waals surface area (Å²) in [4.78, 5) is 11.5. The van der Waals surface area contributed by atoms with Crippen LogP contribution in [0.25, 0.3) is 0 Å². The Balaban J connectivity index is 3.18. The second-order valence-corrected chi connectivity index (χ2v) is 6.41. The number of rotatable bonds is 3. The first kappa shape index (κ1) is 14.0. The molecule has 0 aliphatic carbocycles. The van der Waals surface area contributed by atoms with Crippen molar-refractivity contribution in [3.05, 3.63) is 29.3 Å². The van der Waals surface area contributed by atoms with Gasteiger partial charge in [-0.3, -0.25) is 0 Å². The van der Waals surface area contributed by atoms with Gasteiger partial charge in [-0.2, -0.15) is 0 Å². The molecular weight excluding hydrogens is 264 g/mol. The van der Waals surface area contributed by atoms with Gasteiger partial charge in [0.15, 0.2) is 0 Å². The molecule has 0 amide bonds. The van der Waals surface area contributed by atoms with Gasteiger partial charge in [-0.1, -0.05) is 6.07 Å². The third kappa shape index (κ3) is 3.71. The molecule has 1 aromatic rings. The topological polar surface area (TPSA) is 60.4 Å². The van der Waals surface area contributed by atoms with Crippen LogP contribution in [0.3, 0.4) is 0 Å². The van der Waals surface area contributed by atoms with Gasteiger partial charge in [0.1, 0.15) is 0 Å². The van der Waals surface area contributed by atoms with Crippen LogP contribution < -0.4 is 0 Å². The molecule has 0 fully saturated rings. The Kier molecular flexibility index (Phi) is 4.16. The molecule has 0 aromatic heterocycles. The van der Waals surface area contributed by atoms with E-state index in [1.165, 1.54) is 18.2 Å². The fourth-order valence-corrected chi connectivity index (χ4v) is 2.49. The van der Waals surface area contributed by atoms with Crippen LogP contribution >= 0.6 is 10.7 Å². The number of esters is 1. The second kappa shape index (κ2) is 5.06. The summed E-state index contributed by atoms with van der Waals surface area (Å²) >= 11 is 0. The van der Waals surface area contributed by atoms with E-state index in [0.29, 0.717) is 5.56 Å². The zero-order valence-electron chi connectivity index (χ0n) is 9.73. The lowest BCUT2D eigenvalue weighted by molar-refractivity contribution is 0.0377. The second-order valence-electron chi connectivity index (χ2n) is 3.87. The van der Waals surface area contributed by atoms with Crippen molar-refractivity contribution >= 4 is 25.7 Å². The Labute approximate surface area is 105 Å². The monoisotopic (exact) mass is 276 g/mol. The summed E-state index contributed by atoms with van der Waals surface area (Å²) in [7, 11) is 1.41. The first-order chi connectivity index (χ1) is 7.71. The van der Waals surface area contributed by atoms with Gasteiger partial charge >= 0.3 is 5.97 Å². The zero-order valence-corrected chi connectivity index (χ0v) is 11.3. The van der Waals surface area contributed by atoms with Gasteiger partial charge in [0.05, 0.1) is 16.6 Å². The van der Waals surface area contributed by atoms with Gasteiger partial charge in [-0.15, -0.1) is 0 Å². The number of benzene rings is 1. The number of hydrogen-bond acceptors (Lipinski definition) is 4. The van der Waals surface area contributed by atoms with Gasteiger partial charge in [-0.05, 0) is 38.5 Å². The largest absolute Gasteiger partial charge is 0.459 e. The van der Waals surface area contributed by atoms with Crippen LogP contribution in [0.5, 0.6) is 0 Å². The van der Waals surface area contributed by atoms with Crippen LogP contribution in [0.4, 0.5) is 0 Å². The minimum Gasteiger partial charge on any atom is -0.459 e. The molecule has 1 rings (SSSR count). The lowest BCUT2D eigenvalue weighted by atomic mass is 10.1. The smallest absolute Gasteiger partial charge is 0.338 e. The molecule has 0 radical (unpaired) electrons. The number of carbonyl (C=O) groups is 1. The van der Waals surface area contributed by atoms with Gasteiger partial charge < -0.3 is 4.74 Å². The average molecular weight is 277 g/mol. The minimum absolute atomic E-state index is 0.0719. The van der Waals surface area contributed by atoms with Crippen molar-refractivity contribution in [3.63, 3.8) is 0 Å². The van der Waals surface area contributed by atoms with E-state index < -0.39 is 15.0 Å². The zero-order chi connectivity index (χ0) is 13.2. The van der Waals surface area contributed by atoms with Crippen LogP contribution in [-0.2, 0) is 13.8 Å². The van der Waals surface area contributed by atoms with Crippen LogP contribution in [0.15, 0.2) is 23.1 Å². The van der Waals surface area contributed by atoms with Gasteiger partial charge in [0.25, 0.3) is 9.05 Å². The predicted octanol–water partition coefficient (Wildman–Crippen LogP) is 2.49. The lowest BCUT2D eigenvalue weighted by Gasteiger charge is -2.09. The molecule has 0 heterocycles. The van der Waals surface area contributed by atoms with E-state index >= 15 is 0 Å². The molecular formula is C11H13ClO4S. The summed E-state index contributed by atoms with van der Waals surface area (Å²) < 4.78 is 27.5. The maximum absolute atomic E-state index is 11.6. The third-order valence-corrected chi connectivity index (χ3v) is 3.49. The number of hydrogen-bond donors (Lipinski definition) is 0. The lowest BCUT2D eigenvalue weighted by Crippen LogP contribution is -2.12. The summed E-state index contributed by atoms with van der Waals surface area (Å²) in [6, 6.07) is 4.25. The highest BCUT2D eigenvalue weighted by Crippen LogP contribution is 2.21. The number of halogens is 1. The molecule has 0 saturated heterocycles. The average Bonchev–Trinajstić information content (AvgIpc) is 2.15. The molecule has 0 bridgehead atoms. The van der Waals surface area contributed by atoms with Crippen LogP contribution in [0.1, 0.15) is 29.8 Å². The molecule has 0 N–H and O–H groups in total. The number of carbonyl (C=O) groups excluding carboxylic acids is 1. The predicted molar refractivity (Wildman–Crippen MR) is 64.8 cm³/mol. The van der Waals surface area contributed by atoms with E-state index in [4.69, 9.17) is 15.4 Å². The molecule has 0 saturated carbocycles. The Bertz CT molecular complexity index is 534. The summed E-state index contributed by atoms with van der Waals surface area (Å²) in [5, 5.41) is 0. The van der Waals surface area contributed by atoms with Crippen molar-refractivity contribution < 1.29 is 17.9 Å². The van der Waals surface area contributed by atoms with E-state index in [1.807, 2.05) is 0 Å². The molecule has 1 aromatic carbocycles. The number of aryl methyl sites for hydroxylation is 1. The Morgan fingerprint density at radius 1 is 1.35 bits per heavy atom. The molecule has 17 heavy (non-hydrogen) atoms. The van der Waals surface area contributed by atoms with Crippen molar-refractivity contribution in [3.8, 4) is 0 Å². The molecule has 0 atom stereocenters. The SMILES string of the molecule is Cc1ccc(C(=O)OC(C)C)cc1S(=O)(=O)Cl. The quantitative estimate of drug-likeness (QED) is 0.629. The van der Waals surface area contributed by atoms with Crippen molar-refractivity contribution in [1.82, 2.24) is 0 Å². The van der Waals surface area contributed by atoms with Gasteiger partial charge in [0, 0.05) is 10.7 Å². The molecule has 0 unspecified atom stereocenters. The van der Waals surface area contributed by atoms with E-state index in [9.17, 15) is 13.2 Å². The molecule has 0 aliphatic heterocycles. The van der Waals surface area contributed by atoms with Crippen LogP contribution in [-0.4, -0.2) is 20.5 Å². The van der Waals surface area contributed by atoms with E-state index in [-0.39, 0.29) is 16.6 Å². The maximum atomic E-state index is 11.6. The highest BCUT2D eigenvalue weighted by atomic mass is 35.7. The van der Waals surface area contributed by atoms with Crippen molar-refractivity contribution in [2.45, 2.75) is 31.8 Å². The van der Waals surface area contributed by atoms with Crippen LogP contribution in [0, 0.1) is 6.92 Å². The van der Waals surface area contributed by atoms with Crippen molar-refractivity contribution in [2.24, 2.45) is 0 Å². The Hall–Kier alpha value is -1.07. The maximum Gasteiger partial charge on any atom is 0.338 e. The molecule has 0 spiro atoms. The molecule has 94 valence electrons. The molecule has 6 heteroatoms. The standard InChI is InChI=1S/C11H13ClO4S/c1-7(2)16-11(13)9-5-4-8(3)10(6-9)17(12,14)15/h4-7H,1-3H3. The number of ether oxygens (including phenoxy) is 1. The fraction of sp³-hybridized carbons (Fsp3) is 0.364. The first-order valence-corrected chi connectivity index (χ1v) is 7.29. The Morgan fingerprint density at radius 3 is 2.41 bits per heavy atom. The summed E-state index contributed by atoms with van der Waals surface area (Å²) in [5.74, 6) is -0.568. The molecule has 4 nitrogen and oxygen atoms in total. The Morgan fingerprint density at radius 2 is 1.94 bits per heavy atom. The van der Waals surface area contributed by atoms with E-state index in [1.54, 1.807) is 20.8 Å². The summed E-state index contributed by atoms with van der Waals surface area (Å²) in [5.41, 5.74) is 0.657. The minimum atomic E-state index is -3.85.